The number of amides is 1. The molecule has 33 heavy (non-hydrogen) atoms. The van der Waals surface area contributed by atoms with Gasteiger partial charge < -0.3 is 19.7 Å². The molecule has 172 valence electrons. The first-order chi connectivity index (χ1) is 16.2. The van der Waals surface area contributed by atoms with Crippen molar-refractivity contribution >= 4 is 11.6 Å². The lowest BCUT2D eigenvalue weighted by Gasteiger charge is -2.40. The molecule has 1 N–H and O–H groups in total. The minimum absolute atomic E-state index is 0.0423. The molecule has 0 unspecified atom stereocenters. The fraction of sp³-hybridized carbons (Fsp3) is 0.308. The Morgan fingerprint density at radius 1 is 0.970 bits per heavy atom. The van der Waals surface area contributed by atoms with Crippen LogP contribution in [0, 0.1) is 0 Å². The largest absolute Gasteiger partial charge is 0.493 e. The molecule has 1 saturated heterocycles. The number of rotatable bonds is 8. The minimum Gasteiger partial charge on any atom is -0.493 e. The zero-order chi connectivity index (χ0) is 23.0. The van der Waals surface area contributed by atoms with Crippen LogP contribution in [0.25, 0.3) is 0 Å². The van der Waals surface area contributed by atoms with Crippen LogP contribution in [0.4, 0.5) is 5.69 Å². The number of benzene rings is 2. The zero-order valence-corrected chi connectivity index (χ0v) is 19.1. The second-order valence-corrected chi connectivity index (χ2v) is 7.94. The summed E-state index contributed by atoms with van der Waals surface area (Å²) < 4.78 is 10.6. The van der Waals surface area contributed by atoms with Crippen molar-refractivity contribution in [3.8, 4) is 11.5 Å². The van der Waals surface area contributed by atoms with Crippen LogP contribution >= 0.6 is 0 Å². The number of hydrogen-bond donors (Lipinski definition) is 1. The van der Waals surface area contributed by atoms with Gasteiger partial charge in [0.2, 0.25) is 0 Å². The van der Waals surface area contributed by atoms with Crippen molar-refractivity contribution in [2.45, 2.75) is 6.04 Å². The maximum absolute atomic E-state index is 12.9. The maximum atomic E-state index is 12.9. The van der Waals surface area contributed by atoms with E-state index >= 15 is 0 Å². The standard InChI is InChI=1S/C26H30N4O3/c1-32-24-11-10-20(17-25(24)33-2)26(31)28-19-23(21-7-6-12-27-18-21)30-15-13-29(14-16-30)22-8-4-3-5-9-22/h3-12,17-18,23H,13-16,19H2,1-2H3,(H,28,31)/t23-/m1/s1. The molecule has 0 radical (unpaired) electrons. The number of anilines is 1. The Hall–Kier alpha value is -3.58. The van der Waals surface area contributed by atoms with Crippen LogP contribution in [0.2, 0.25) is 0 Å². The molecule has 0 spiro atoms. The van der Waals surface area contributed by atoms with E-state index < -0.39 is 0 Å². The van der Waals surface area contributed by atoms with E-state index in [-0.39, 0.29) is 11.9 Å². The maximum Gasteiger partial charge on any atom is 0.251 e. The van der Waals surface area contributed by atoms with E-state index in [1.807, 2.05) is 18.3 Å². The van der Waals surface area contributed by atoms with Crippen molar-refractivity contribution in [2.24, 2.45) is 0 Å². The molecular weight excluding hydrogens is 416 g/mol. The third kappa shape index (κ3) is 5.43. The van der Waals surface area contributed by atoms with E-state index in [0.29, 0.717) is 23.6 Å². The number of nitrogens with zero attached hydrogens (tertiary/aromatic N) is 3. The Morgan fingerprint density at radius 2 is 1.73 bits per heavy atom. The Bertz CT molecular complexity index is 1040. The normalized spacial score (nSPS) is 15.0. The van der Waals surface area contributed by atoms with Gasteiger partial charge in [-0.25, -0.2) is 0 Å². The first-order valence-electron chi connectivity index (χ1n) is 11.1. The molecular formula is C26H30N4O3. The summed E-state index contributed by atoms with van der Waals surface area (Å²) in [6, 6.07) is 19.7. The first kappa shape index (κ1) is 22.6. The summed E-state index contributed by atoms with van der Waals surface area (Å²) in [4.78, 5) is 22.1. The fourth-order valence-electron chi connectivity index (χ4n) is 4.23. The highest BCUT2D eigenvalue weighted by molar-refractivity contribution is 5.94. The van der Waals surface area contributed by atoms with Crippen molar-refractivity contribution in [3.05, 3.63) is 84.2 Å². The van der Waals surface area contributed by atoms with Crippen LogP contribution in [0.5, 0.6) is 11.5 Å². The van der Waals surface area contributed by atoms with Crippen LogP contribution in [-0.4, -0.2) is 62.7 Å². The van der Waals surface area contributed by atoms with Crippen LogP contribution < -0.4 is 19.7 Å². The molecule has 7 nitrogen and oxygen atoms in total. The number of aromatic nitrogens is 1. The molecule has 1 fully saturated rings. The van der Waals surface area contributed by atoms with Crippen molar-refractivity contribution in [1.82, 2.24) is 15.2 Å². The van der Waals surface area contributed by atoms with Crippen LogP contribution in [0.3, 0.4) is 0 Å². The molecule has 0 bridgehead atoms. The van der Waals surface area contributed by atoms with E-state index in [0.717, 1.165) is 31.7 Å². The lowest BCUT2D eigenvalue weighted by Crippen LogP contribution is -2.50. The van der Waals surface area contributed by atoms with Gasteiger partial charge >= 0.3 is 0 Å². The summed E-state index contributed by atoms with van der Waals surface area (Å²) in [5.74, 6) is 0.984. The average Bonchev–Trinajstić information content (AvgIpc) is 2.89. The average molecular weight is 447 g/mol. The molecule has 1 amide bonds. The topological polar surface area (TPSA) is 66.9 Å². The Balaban J connectivity index is 1.44. The van der Waals surface area contributed by atoms with Gasteiger partial charge in [-0.15, -0.1) is 0 Å². The SMILES string of the molecule is COc1ccc(C(=O)NC[C@H](c2cccnc2)N2CCN(c3ccccc3)CC2)cc1OC. The van der Waals surface area contributed by atoms with Gasteiger partial charge in [-0.3, -0.25) is 14.7 Å². The van der Waals surface area contributed by atoms with Crippen LogP contribution in [0.15, 0.2) is 73.1 Å². The zero-order valence-electron chi connectivity index (χ0n) is 19.1. The van der Waals surface area contributed by atoms with Crippen LogP contribution in [-0.2, 0) is 0 Å². The van der Waals surface area contributed by atoms with Gasteiger partial charge in [0, 0.05) is 56.4 Å². The number of piperazine rings is 1. The monoisotopic (exact) mass is 446 g/mol. The molecule has 0 aliphatic carbocycles. The summed E-state index contributed by atoms with van der Waals surface area (Å²) >= 11 is 0. The first-order valence-corrected chi connectivity index (χ1v) is 11.1. The molecule has 1 aromatic heterocycles. The Kier molecular flexibility index (Phi) is 7.42. The lowest BCUT2D eigenvalue weighted by molar-refractivity contribution is 0.0929. The minimum atomic E-state index is -0.146. The van der Waals surface area contributed by atoms with Gasteiger partial charge in [0.1, 0.15) is 0 Å². The van der Waals surface area contributed by atoms with Gasteiger partial charge in [0.05, 0.1) is 20.3 Å². The third-order valence-electron chi connectivity index (χ3n) is 6.05. The van der Waals surface area contributed by atoms with Gasteiger partial charge in [0.25, 0.3) is 5.91 Å². The molecule has 3 aromatic rings. The van der Waals surface area contributed by atoms with Gasteiger partial charge in [-0.05, 0) is 42.0 Å². The summed E-state index contributed by atoms with van der Waals surface area (Å²) in [7, 11) is 3.14. The number of carbonyl (C=O) groups is 1. The molecule has 1 aliphatic rings. The summed E-state index contributed by atoms with van der Waals surface area (Å²) in [5.41, 5.74) is 2.88. The second kappa shape index (κ2) is 10.8. The van der Waals surface area contributed by atoms with Crippen molar-refractivity contribution < 1.29 is 14.3 Å². The molecule has 0 saturated carbocycles. The van der Waals surface area contributed by atoms with Gasteiger partial charge in [0.15, 0.2) is 11.5 Å². The molecule has 2 aromatic carbocycles. The van der Waals surface area contributed by atoms with Gasteiger partial charge in [-0.1, -0.05) is 24.3 Å². The molecule has 2 heterocycles. The van der Waals surface area contributed by atoms with E-state index in [2.05, 4.69) is 50.4 Å². The van der Waals surface area contributed by atoms with Crippen LogP contribution in [0.1, 0.15) is 22.0 Å². The molecule has 4 rings (SSSR count). The van der Waals surface area contributed by atoms with E-state index in [4.69, 9.17) is 9.47 Å². The van der Waals surface area contributed by atoms with Crippen molar-refractivity contribution in [3.63, 3.8) is 0 Å². The number of ether oxygens (including phenoxy) is 2. The Labute approximate surface area is 195 Å². The second-order valence-electron chi connectivity index (χ2n) is 7.94. The van der Waals surface area contributed by atoms with Crippen molar-refractivity contribution in [2.75, 3.05) is 51.8 Å². The third-order valence-corrected chi connectivity index (χ3v) is 6.05. The Morgan fingerprint density at radius 3 is 2.39 bits per heavy atom. The number of para-hydroxylation sites is 1. The summed E-state index contributed by atoms with van der Waals surface area (Å²) in [6.07, 6.45) is 3.66. The lowest BCUT2D eigenvalue weighted by atomic mass is 10.1. The van der Waals surface area contributed by atoms with Crippen molar-refractivity contribution in [1.29, 1.82) is 0 Å². The number of carbonyl (C=O) groups excluding carboxylic acids is 1. The number of pyridine rings is 1. The van der Waals surface area contributed by atoms with E-state index in [9.17, 15) is 4.79 Å². The number of hydrogen-bond acceptors (Lipinski definition) is 6. The van der Waals surface area contributed by atoms with Gasteiger partial charge in [-0.2, -0.15) is 0 Å². The number of methoxy groups -OCH3 is 2. The molecule has 1 aliphatic heterocycles. The predicted octanol–water partition coefficient (Wildman–Crippen LogP) is 3.39. The summed E-state index contributed by atoms with van der Waals surface area (Å²) in [6.45, 7) is 4.17. The predicted molar refractivity (Wildman–Crippen MR) is 129 cm³/mol. The molecule has 7 heteroatoms. The highest BCUT2D eigenvalue weighted by Crippen LogP contribution is 2.28. The molecule has 1 atom stereocenters. The highest BCUT2D eigenvalue weighted by Gasteiger charge is 2.26. The fourth-order valence-corrected chi connectivity index (χ4v) is 4.23. The smallest absolute Gasteiger partial charge is 0.251 e. The quantitative estimate of drug-likeness (QED) is 0.572. The van der Waals surface area contributed by atoms with E-state index in [1.54, 1.807) is 38.6 Å². The summed E-state index contributed by atoms with van der Waals surface area (Å²) in [5, 5.41) is 3.11. The number of nitrogens with one attached hydrogen (secondary N) is 1. The van der Waals surface area contributed by atoms with E-state index in [1.165, 1.54) is 5.69 Å². The highest BCUT2D eigenvalue weighted by atomic mass is 16.5.